The normalized spacial score (nSPS) is 10.8. The van der Waals surface area contributed by atoms with Gasteiger partial charge in [-0.05, 0) is 30.3 Å². The molecule has 3 rings (SSSR count). The van der Waals surface area contributed by atoms with Crippen molar-refractivity contribution >= 4 is 23.4 Å². The van der Waals surface area contributed by atoms with Crippen molar-refractivity contribution in [2.75, 3.05) is 0 Å². The first kappa shape index (κ1) is 12.7. The van der Waals surface area contributed by atoms with Gasteiger partial charge in [0, 0.05) is 12.4 Å². The van der Waals surface area contributed by atoms with Gasteiger partial charge in [0.15, 0.2) is 0 Å². The summed E-state index contributed by atoms with van der Waals surface area (Å²) in [5.41, 5.74) is 0.816. The second kappa shape index (κ2) is 4.97. The number of nitrogens with zero attached hydrogens (tertiary/aromatic N) is 2. The molecule has 0 atom stereocenters. The highest BCUT2D eigenvalue weighted by atomic mass is 32.2. The number of fused-ring (bicyclic) bond motifs is 1. The molecule has 0 radical (unpaired) electrons. The van der Waals surface area contributed by atoms with Gasteiger partial charge in [0.05, 0.1) is 15.5 Å². The Morgan fingerprint density at radius 3 is 2.95 bits per heavy atom. The largest absolute Gasteiger partial charge is 0.478 e. The van der Waals surface area contributed by atoms with E-state index >= 15 is 0 Å². The highest BCUT2D eigenvalue weighted by molar-refractivity contribution is 7.99. The summed E-state index contributed by atoms with van der Waals surface area (Å²) < 4.78 is 15.6. The molecule has 0 aliphatic rings. The van der Waals surface area contributed by atoms with Crippen molar-refractivity contribution in [3.05, 3.63) is 60.2 Å². The lowest BCUT2D eigenvalue weighted by atomic mass is 10.2. The maximum atomic E-state index is 13.8. The summed E-state index contributed by atoms with van der Waals surface area (Å²) in [5.74, 6) is -1.52. The van der Waals surface area contributed by atoms with E-state index in [2.05, 4.69) is 4.98 Å². The van der Waals surface area contributed by atoms with Crippen LogP contribution in [0.1, 0.15) is 10.4 Å². The van der Waals surface area contributed by atoms with E-state index in [1.165, 1.54) is 18.2 Å². The molecule has 0 aliphatic carbocycles. The zero-order chi connectivity index (χ0) is 14.1. The lowest BCUT2D eigenvalue weighted by Crippen LogP contribution is -1.97. The van der Waals surface area contributed by atoms with Gasteiger partial charge in [0.1, 0.15) is 11.5 Å². The first-order chi connectivity index (χ1) is 9.65. The Hall–Kier alpha value is -2.34. The highest BCUT2D eigenvalue weighted by Crippen LogP contribution is 2.30. The Morgan fingerprint density at radius 1 is 1.30 bits per heavy atom. The second-order valence-corrected chi connectivity index (χ2v) is 5.13. The van der Waals surface area contributed by atoms with Crippen LogP contribution in [0.25, 0.3) is 5.65 Å². The number of imidazole rings is 1. The number of rotatable bonds is 3. The number of pyridine rings is 1. The van der Waals surface area contributed by atoms with Crippen LogP contribution in [0.2, 0.25) is 0 Å². The fraction of sp³-hybridized carbons (Fsp3) is 0. The number of aromatic carboxylic acids is 1. The number of carboxylic acids is 1. The highest BCUT2D eigenvalue weighted by Gasteiger charge is 2.11. The average Bonchev–Trinajstić information content (AvgIpc) is 2.90. The van der Waals surface area contributed by atoms with Gasteiger partial charge in [-0.15, -0.1) is 0 Å². The molecule has 20 heavy (non-hydrogen) atoms. The Kier molecular flexibility index (Phi) is 3.15. The minimum atomic E-state index is -1.08. The van der Waals surface area contributed by atoms with E-state index in [-0.39, 0.29) is 10.5 Å². The molecule has 2 aromatic heterocycles. The third-order valence-electron chi connectivity index (χ3n) is 2.78. The van der Waals surface area contributed by atoms with Gasteiger partial charge < -0.3 is 5.11 Å². The minimum absolute atomic E-state index is 0.0618. The van der Waals surface area contributed by atoms with Crippen LogP contribution in [-0.2, 0) is 0 Å². The molecule has 2 heterocycles. The van der Waals surface area contributed by atoms with Crippen molar-refractivity contribution in [1.29, 1.82) is 0 Å². The molecule has 1 aromatic carbocycles. The predicted octanol–water partition coefficient (Wildman–Crippen LogP) is 3.32. The molecular weight excluding hydrogens is 279 g/mol. The van der Waals surface area contributed by atoms with Gasteiger partial charge in [-0.1, -0.05) is 17.8 Å². The Morgan fingerprint density at radius 2 is 2.15 bits per heavy atom. The molecule has 3 aromatic rings. The SMILES string of the molecule is O=C(O)c1ccc(F)c(Sc2cccc3nccn23)c1. The van der Waals surface area contributed by atoms with E-state index < -0.39 is 11.8 Å². The molecule has 4 nitrogen and oxygen atoms in total. The second-order valence-electron chi connectivity index (χ2n) is 4.07. The smallest absolute Gasteiger partial charge is 0.335 e. The van der Waals surface area contributed by atoms with Crippen LogP contribution >= 0.6 is 11.8 Å². The predicted molar refractivity (Wildman–Crippen MR) is 72.7 cm³/mol. The summed E-state index contributed by atoms with van der Waals surface area (Å²) in [6.45, 7) is 0. The van der Waals surface area contributed by atoms with E-state index in [1.807, 2.05) is 22.6 Å². The molecular formula is C14H9FN2O2S. The Balaban J connectivity index is 2.04. The third kappa shape index (κ3) is 2.25. The van der Waals surface area contributed by atoms with Crippen LogP contribution in [0.15, 0.2) is 58.7 Å². The summed E-state index contributed by atoms with van der Waals surface area (Å²) in [4.78, 5) is 15.4. The van der Waals surface area contributed by atoms with Crippen molar-refractivity contribution in [3.8, 4) is 0 Å². The van der Waals surface area contributed by atoms with Gasteiger partial charge in [-0.2, -0.15) is 0 Å². The van der Waals surface area contributed by atoms with Crippen molar-refractivity contribution < 1.29 is 14.3 Å². The minimum Gasteiger partial charge on any atom is -0.478 e. The molecule has 6 heteroatoms. The fourth-order valence-electron chi connectivity index (χ4n) is 1.83. The maximum absolute atomic E-state index is 13.8. The summed E-state index contributed by atoms with van der Waals surface area (Å²) in [6, 6.07) is 9.24. The quantitative estimate of drug-likeness (QED) is 0.803. The van der Waals surface area contributed by atoms with E-state index in [9.17, 15) is 9.18 Å². The number of carboxylic acid groups (broad SMARTS) is 1. The monoisotopic (exact) mass is 288 g/mol. The molecule has 100 valence electrons. The average molecular weight is 288 g/mol. The Labute approximate surface area is 117 Å². The topological polar surface area (TPSA) is 54.6 Å². The van der Waals surface area contributed by atoms with Crippen LogP contribution in [0, 0.1) is 5.82 Å². The number of carbonyl (C=O) groups is 1. The van der Waals surface area contributed by atoms with Gasteiger partial charge in [-0.25, -0.2) is 14.2 Å². The van der Waals surface area contributed by atoms with E-state index in [1.54, 1.807) is 12.4 Å². The van der Waals surface area contributed by atoms with Gasteiger partial charge >= 0.3 is 5.97 Å². The molecule has 1 N–H and O–H groups in total. The number of benzene rings is 1. The summed E-state index contributed by atoms with van der Waals surface area (Å²) in [5, 5.41) is 9.72. The first-order valence-corrected chi connectivity index (χ1v) is 6.59. The molecule has 0 fully saturated rings. The molecule has 0 spiro atoms. The molecule has 0 saturated carbocycles. The number of halogens is 1. The lowest BCUT2D eigenvalue weighted by molar-refractivity contribution is 0.0696. The number of aromatic nitrogens is 2. The van der Waals surface area contributed by atoms with Crippen LogP contribution in [0.4, 0.5) is 4.39 Å². The van der Waals surface area contributed by atoms with Crippen LogP contribution in [0.3, 0.4) is 0 Å². The molecule has 0 unspecified atom stereocenters. The van der Waals surface area contributed by atoms with Crippen LogP contribution < -0.4 is 0 Å². The first-order valence-electron chi connectivity index (χ1n) is 5.78. The van der Waals surface area contributed by atoms with E-state index in [0.717, 1.165) is 22.4 Å². The third-order valence-corrected chi connectivity index (χ3v) is 3.86. The molecule has 0 bridgehead atoms. The van der Waals surface area contributed by atoms with E-state index in [0.29, 0.717) is 0 Å². The van der Waals surface area contributed by atoms with Crippen molar-refractivity contribution in [3.63, 3.8) is 0 Å². The van der Waals surface area contributed by atoms with Crippen molar-refractivity contribution in [1.82, 2.24) is 9.38 Å². The molecule has 0 aliphatic heterocycles. The van der Waals surface area contributed by atoms with Crippen molar-refractivity contribution in [2.24, 2.45) is 0 Å². The van der Waals surface area contributed by atoms with E-state index in [4.69, 9.17) is 5.11 Å². The fourth-order valence-corrected chi connectivity index (χ4v) is 2.81. The maximum Gasteiger partial charge on any atom is 0.335 e. The summed E-state index contributed by atoms with van der Waals surface area (Å²) in [7, 11) is 0. The zero-order valence-corrected chi connectivity index (χ0v) is 11.0. The van der Waals surface area contributed by atoms with Gasteiger partial charge in [-0.3, -0.25) is 4.40 Å². The van der Waals surface area contributed by atoms with Crippen LogP contribution in [0.5, 0.6) is 0 Å². The number of hydrogen-bond acceptors (Lipinski definition) is 3. The molecule has 0 saturated heterocycles. The summed E-state index contributed by atoms with van der Waals surface area (Å²) >= 11 is 1.16. The number of hydrogen-bond donors (Lipinski definition) is 1. The van der Waals surface area contributed by atoms with Gasteiger partial charge in [0.2, 0.25) is 0 Å². The Bertz CT molecular complexity index is 801. The van der Waals surface area contributed by atoms with Gasteiger partial charge in [0.25, 0.3) is 0 Å². The van der Waals surface area contributed by atoms with Crippen LogP contribution in [-0.4, -0.2) is 20.5 Å². The summed E-state index contributed by atoms with van der Waals surface area (Å²) in [6.07, 6.45) is 3.43. The lowest BCUT2D eigenvalue weighted by Gasteiger charge is -2.07. The molecule has 0 amide bonds. The standard InChI is InChI=1S/C14H9FN2O2S/c15-10-5-4-9(14(18)19)8-11(10)20-13-3-1-2-12-16-6-7-17(12)13/h1-8H,(H,18,19). The zero-order valence-electron chi connectivity index (χ0n) is 10.2. The van der Waals surface area contributed by atoms with Crippen molar-refractivity contribution in [2.45, 2.75) is 9.92 Å².